The highest BCUT2D eigenvalue weighted by Gasteiger charge is 2.24. The van der Waals surface area contributed by atoms with Crippen molar-refractivity contribution in [2.75, 3.05) is 18.4 Å². The smallest absolute Gasteiger partial charge is 0.250 e. The molecule has 1 aromatic carbocycles. The number of rotatable bonds is 7. The van der Waals surface area contributed by atoms with Crippen LogP contribution in [0.4, 0.5) is 5.69 Å². The molecule has 11 nitrogen and oxygen atoms in total. The number of nitrogens with zero attached hydrogens (tertiary/aromatic N) is 4. The van der Waals surface area contributed by atoms with E-state index in [4.69, 9.17) is 11.1 Å². The molecular weight excluding hydrogens is 438 g/mol. The van der Waals surface area contributed by atoms with E-state index in [0.717, 1.165) is 19.3 Å². The first kappa shape index (κ1) is 22.6. The minimum absolute atomic E-state index is 0.0320. The maximum absolute atomic E-state index is 12.2. The molecule has 3 aromatic rings. The van der Waals surface area contributed by atoms with Crippen LogP contribution in [0.15, 0.2) is 53.8 Å². The van der Waals surface area contributed by atoms with Gasteiger partial charge in [0.1, 0.15) is 5.75 Å². The number of phenols is 1. The van der Waals surface area contributed by atoms with E-state index >= 15 is 0 Å². The van der Waals surface area contributed by atoms with Crippen LogP contribution in [0.5, 0.6) is 5.75 Å². The number of nitrogens with two attached hydrogens (primary N) is 1. The van der Waals surface area contributed by atoms with E-state index in [1.165, 1.54) is 49.1 Å². The highest BCUT2D eigenvalue weighted by atomic mass is 16.3. The molecule has 1 saturated heterocycles. The molecule has 1 fully saturated rings. The van der Waals surface area contributed by atoms with Gasteiger partial charge in [-0.15, -0.1) is 0 Å². The Hall–Kier alpha value is -4.54. The number of amides is 2. The lowest BCUT2D eigenvalue weighted by Crippen LogP contribution is -2.41. The van der Waals surface area contributed by atoms with Crippen LogP contribution in [0.2, 0.25) is 0 Å². The fraction of sp³-hybridized carbons (Fsp3) is 0.217. The molecule has 1 unspecified atom stereocenters. The average Bonchev–Trinajstić information content (AvgIpc) is 2.85. The second-order valence-electron chi connectivity index (χ2n) is 7.95. The molecule has 2 amide bonds. The zero-order chi connectivity index (χ0) is 24.2. The molecule has 1 atom stereocenters. The van der Waals surface area contributed by atoms with Gasteiger partial charge >= 0.3 is 0 Å². The molecule has 3 heterocycles. The van der Waals surface area contributed by atoms with Gasteiger partial charge in [-0.1, -0.05) is 0 Å². The number of anilines is 1. The molecule has 174 valence electrons. The molecule has 34 heavy (non-hydrogen) atoms. The van der Waals surface area contributed by atoms with Crippen molar-refractivity contribution >= 4 is 23.7 Å². The molecule has 1 aliphatic rings. The fourth-order valence-corrected chi connectivity index (χ4v) is 3.88. The van der Waals surface area contributed by atoms with Gasteiger partial charge in [0.15, 0.2) is 5.43 Å². The first-order valence-electron chi connectivity index (χ1n) is 10.6. The molecule has 4 rings (SSSR count). The van der Waals surface area contributed by atoms with Gasteiger partial charge in [0, 0.05) is 67.2 Å². The molecular formula is C23H23N7O4. The predicted octanol–water partition coefficient (Wildman–Crippen LogP) is 0.881. The molecule has 2 aromatic heterocycles. The number of benzene rings is 1. The van der Waals surface area contributed by atoms with Gasteiger partial charge in [-0.05, 0) is 25.0 Å². The van der Waals surface area contributed by atoms with E-state index in [1.54, 1.807) is 9.47 Å². The quantitative estimate of drug-likeness (QED) is 0.230. The van der Waals surface area contributed by atoms with Gasteiger partial charge in [-0.3, -0.25) is 24.4 Å². The van der Waals surface area contributed by atoms with E-state index in [2.05, 4.69) is 15.3 Å². The number of pyridine rings is 1. The van der Waals surface area contributed by atoms with Crippen molar-refractivity contribution in [2.24, 2.45) is 5.73 Å². The average molecular weight is 461 g/mol. The molecule has 1 aliphatic heterocycles. The highest BCUT2D eigenvalue weighted by molar-refractivity contribution is 6.16. The van der Waals surface area contributed by atoms with Crippen molar-refractivity contribution in [3.8, 4) is 11.7 Å². The largest absolute Gasteiger partial charge is 0.508 e. The first-order chi connectivity index (χ1) is 16.4. The van der Waals surface area contributed by atoms with Crippen molar-refractivity contribution in [1.29, 1.82) is 5.41 Å². The number of piperidine rings is 1. The summed E-state index contributed by atoms with van der Waals surface area (Å²) in [6, 6.07) is 5.22. The van der Waals surface area contributed by atoms with Crippen LogP contribution in [0.25, 0.3) is 5.95 Å². The monoisotopic (exact) mass is 461 g/mol. The SMILES string of the molecule is N=C(c1cnc(-n2ccc(=O)cc2)nc1)c1cc(O)cc(C(N)=O)c1NC1CCCN(C=O)C1. The maximum Gasteiger partial charge on any atom is 0.250 e. The maximum atomic E-state index is 12.2. The Balaban J connectivity index is 1.69. The van der Waals surface area contributed by atoms with E-state index in [-0.39, 0.29) is 34.1 Å². The van der Waals surface area contributed by atoms with Gasteiger partial charge in [0.25, 0.3) is 5.91 Å². The van der Waals surface area contributed by atoms with Crippen LogP contribution in [0.3, 0.4) is 0 Å². The highest BCUT2D eigenvalue weighted by Crippen LogP contribution is 2.30. The second kappa shape index (κ2) is 9.53. The number of hydrogen-bond donors (Lipinski definition) is 4. The number of phenolic OH excluding ortho intramolecular Hbond substituents is 1. The molecule has 0 spiro atoms. The van der Waals surface area contributed by atoms with Crippen molar-refractivity contribution in [3.05, 3.63) is 76.0 Å². The number of nitrogens with one attached hydrogen (secondary N) is 2. The summed E-state index contributed by atoms with van der Waals surface area (Å²) >= 11 is 0. The van der Waals surface area contributed by atoms with Crippen LogP contribution < -0.4 is 16.5 Å². The number of primary amides is 1. The van der Waals surface area contributed by atoms with E-state index in [0.29, 0.717) is 30.3 Å². The summed E-state index contributed by atoms with van der Waals surface area (Å²) in [5.74, 6) is -0.678. The van der Waals surface area contributed by atoms with Gasteiger partial charge < -0.3 is 21.1 Å². The first-order valence-corrected chi connectivity index (χ1v) is 10.6. The third kappa shape index (κ3) is 4.77. The number of hydrogen-bond acceptors (Lipinski definition) is 8. The third-order valence-electron chi connectivity index (χ3n) is 5.56. The van der Waals surface area contributed by atoms with E-state index in [9.17, 15) is 19.5 Å². The summed E-state index contributed by atoms with van der Waals surface area (Å²) in [7, 11) is 0. The zero-order valence-corrected chi connectivity index (χ0v) is 18.1. The van der Waals surface area contributed by atoms with Gasteiger partial charge in [0.05, 0.1) is 17.0 Å². The lowest BCUT2D eigenvalue weighted by Gasteiger charge is -2.32. The summed E-state index contributed by atoms with van der Waals surface area (Å²) in [6.45, 7) is 1.09. The standard InChI is InChI=1S/C23H23N7O4/c24-20(14-10-26-23(27-11-14)30-6-3-16(32)4-7-30)18-8-17(33)9-19(22(25)34)21(18)28-15-2-1-5-29(12-15)13-31/h3-4,6-11,13,15,24,28,33H,1-2,5,12H2,(H2,25,34). The van der Waals surface area contributed by atoms with Gasteiger partial charge in [-0.2, -0.15) is 0 Å². The molecule has 0 bridgehead atoms. The van der Waals surface area contributed by atoms with Gasteiger partial charge in [0.2, 0.25) is 12.4 Å². The second-order valence-corrected chi connectivity index (χ2v) is 7.95. The number of carbonyl (C=O) groups is 2. The normalized spacial score (nSPS) is 15.5. The Labute approximate surface area is 194 Å². The number of likely N-dealkylation sites (tertiary alicyclic amines) is 1. The van der Waals surface area contributed by atoms with Crippen LogP contribution in [0, 0.1) is 5.41 Å². The van der Waals surface area contributed by atoms with Crippen molar-refractivity contribution in [1.82, 2.24) is 19.4 Å². The Bertz CT molecular complexity index is 1280. The van der Waals surface area contributed by atoms with Gasteiger partial charge in [-0.25, -0.2) is 9.97 Å². The molecule has 11 heteroatoms. The van der Waals surface area contributed by atoms with Crippen molar-refractivity contribution in [3.63, 3.8) is 0 Å². The Morgan fingerprint density at radius 2 is 1.88 bits per heavy atom. The molecule has 0 aliphatic carbocycles. The van der Waals surface area contributed by atoms with Crippen LogP contribution >= 0.6 is 0 Å². The van der Waals surface area contributed by atoms with Crippen LogP contribution in [-0.2, 0) is 4.79 Å². The summed E-state index contributed by atoms with van der Waals surface area (Å²) in [5, 5.41) is 22.2. The Morgan fingerprint density at radius 3 is 2.53 bits per heavy atom. The summed E-state index contributed by atoms with van der Waals surface area (Å²) in [6.07, 6.45) is 8.27. The molecule has 5 N–H and O–H groups in total. The minimum Gasteiger partial charge on any atom is -0.508 e. The third-order valence-corrected chi connectivity index (χ3v) is 5.56. The molecule has 0 saturated carbocycles. The topological polar surface area (TPSA) is 167 Å². The van der Waals surface area contributed by atoms with Crippen molar-refractivity contribution < 1.29 is 14.7 Å². The molecule has 0 radical (unpaired) electrons. The number of aromatic hydroxyl groups is 1. The van der Waals surface area contributed by atoms with Crippen molar-refractivity contribution in [2.45, 2.75) is 18.9 Å². The summed E-state index contributed by atoms with van der Waals surface area (Å²) in [5.41, 5.74) is 6.32. The number of carbonyl (C=O) groups excluding carboxylic acids is 2. The van der Waals surface area contributed by atoms with E-state index in [1.807, 2.05) is 0 Å². The lowest BCUT2D eigenvalue weighted by atomic mass is 9.96. The summed E-state index contributed by atoms with van der Waals surface area (Å²) < 4.78 is 1.56. The minimum atomic E-state index is -0.764. The lowest BCUT2D eigenvalue weighted by molar-refractivity contribution is -0.119. The Morgan fingerprint density at radius 1 is 1.21 bits per heavy atom. The fourth-order valence-electron chi connectivity index (χ4n) is 3.88. The summed E-state index contributed by atoms with van der Waals surface area (Å²) in [4.78, 5) is 44.8. The van der Waals surface area contributed by atoms with Crippen LogP contribution in [-0.4, -0.2) is 61.7 Å². The predicted molar refractivity (Wildman–Crippen MR) is 124 cm³/mol. The van der Waals surface area contributed by atoms with E-state index < -0.39 is 5.91 Å². The van der Waals surface area contributed by atoms with Crippen LogP contribution in [0.1, 0.15) is 34.3 Å². The Kier molecular flexibility index (Phi) is 6.35. The zero-order valence-electron chi connectivity index (χ0n) is 18.1. The number of aromatic nitrogens is 3.